The van der Waals surface area contributed by atoms with Crippen LogP contribution >= 0.6 is 9.24 Å². The third kappa shape index (κ3) is 2.62. The predicted molar refractivity (Wildman–Crippen MR) is 32.8 cm³/mol. The summed E-state index contributed by atoms with van der Waals surface area (Å²) in [6.45, 7) is 2.92. The first kappa shape index (κ1) is 6.39. The highest BCUT2D eigenvalue weighted by atomic mass is 31.0. The molecule has 0 aliphatic heterocycles. The van der Waals surface area contributed by atoms with Gasteiger partial charge < -0.3 is 5.73 Å². The van der Waals surface area contributed by atoms with E-state index in [2.05, 4.69) is 16.2 Å². The molecule has 0 aromatic heterocycles. The summed E-state index contributed by atoms with van der Waals surface area (Å²) in [5.74, 6) is 0. The Morgan fingerprint density at radius 2 is 2.33 bits per heavy atom. The van der Waals surface area contributed by atoms with Crippen LogP contribution in [0.1, 0.15) is 13.3 Å². The molecule has 0 bridgehead atoms. The maximum absolute atomic E-state index is 5.26. The van der Waals surface area contributed by atoms with Gasteiger partial charge in [-0.25, -0.2) is 0 Å². The smallest absolute Gasteiger partial charge is 0.00143 e. The Bertz CT molecular complexity index is 26.7. The highest BCUT2D eigenvalue weighted by molar-refractivity contribution is 7.17. The van der Waals surface area contributed by atoms with Gasteiger partial charge in [0.25, 0.3) is 0 Å². The lowest BCUT2D eigenvalue weighted by Gasteiger charge is -1.98. The maximum Gasteiger partial charge on any atom is -0.00143 e. The van der Waals surface area contributed by atoms with Crippen molar-refractivity contribution in [2.75, 3.05) is 6.54 Å². The Kier molecular flexibility index (Phi) is 3.81. The average molecular weight is 105 g/mol. The highest BCUT2D eigenvalue weighted by Crippen LogP contribution is 1.99. The first-order chi connectivity index (χ1) is 2.81. The number of rotatable bonds is 2. The molecule has 38 valence electrons. The molecule has 6 heavy (non-hydrogen) atoms. The minimum atomic E-state index is 0.630. The standard InChI is InChI=1S/C4H12NP/c1-2-4(6)3-5/h4H,2-3,5-6H2,1H3. The highest BCUT2D eigenvalue weighted by Gasteiger charge is 1.89. The molecule has 0 saturated carbocycles. The summed E-state index contributed by atoms with van der Waals surface area (Å²) >= 11 is 0. The quantitative estimate of drug-likeness (QED) is 0.511. The zero-order valence-electron chi connectivity index (χ0n) is 4.15. The molecule has 0 heterocycles. The van der Waals surface area contributed by atoms with Crippen molar-refractivity contribution in [3.8, 4) is 0 Å². The summed E-state index contributed by atoms with van der Waals surface area (Å²) in [5, 5.41) is 0. The Hall–Kier alpha value is 0.390. The molecule has 2 N–H and O–H groups in total. The third-order valence-corrected chi connectivity index (χ3v) is 1.57. The van der Waals surface area contributed by atoms with Crippen molar-refractivity contribution >= 4 is 9.24 Å². The lowest BCUT2D eigenvalue weighted by atomic mass is 10.3. The third-order valence-electron chi connectivity index (χ3n) is 0.827. The first-order valence-corrected chi connectivity index (χ1v) is 2.93. The van der Waals surface area contributed by atoms with Gasteiger partial charge in [-0.1, -0.05) is 6.92 Å². The predicted octanol–water partition coefficient (Wildman–Crippen LogP) is 0.599. The van der Waals surface area contributed by atoms with Crippen molar-refractivity contribution < 1.29 is 0 Å². The molecule has 0 radical (unpaired) electrons. The van der Waals surface area contributed by atoms with Crippen molar-refractivity contribution in [2.45, 2.75) is 19.0 Å². The van der Waals surface area contributed by atoms with Gasteiger partial charge in [-0.15, -0.1) is 9.24 Å². The summed E-state index contributed by atoms with van der Waals surface area (Å²) < 4.78 is 0. The van der Waals surface area contributed by atoms with Gasteiger partial charge in [-0.3, -0.25) is 0 Å². The molecule has 0 fully saturated rings. The molecular formula is C4H12NP. The van der Waals surface area contributed by atoms with Crippen molar-refractivity contribution in [1.82, 2.24) is 0 Å². The van der Waals surface area contributed by atoms with Gasteiger partial charge in [0.1, 0.15) is 0 Å². The molecule has 1 nitrogen and oxygen atoms in total. The second-order valence-electron chi connectivity index (χ2n) is 1.40. The summed E-state index contributed by atoms with van der Waals surface area (Å²) in [5.41, 5.74) is 5.89. The molecule has 0 spiro atoms. The van der Waals surface area contributed by atoms with Crippen LogP contribution in [-0.2, 0) is 0 Å². The number of hydrogen-bond acceptors (Lipinski definition) is 1. The van der Waals surface area contributed by atoms with E-state index < -0.39 is 0 Å². The fraction of sp³-hybridized carbons (Fsp3) is 1.00. The SMILES string of the molecule is CCC(P)CN. The van der Waals surface area contributed by atoms with Gasteiger partial charge in [0.15, 0.2) is 0 Å². The van der Waals surface area contributed by atoms with E-state index in [9.17, 15) is 0 Å². The Balaban J connectivity index is 2.75. The van der Waals surface area contributed by atoms with E-state index in [-0.39, 0.29) is 0 Å². The van der Waals surface area contributed by atoms with Crippen molar-refractivity contribution in [3.05, 3.63) is 0 Å². The zero-order chi connectivity index (χ0) is 4.99. The van der Waals surface area contributed by atoms with Gasteiger partial charge in [-0.2, -0.15) is 0 Å². The normalized spacial score (nSPS) is 14.5. The van der Waals surface area contributed by atoms with Gasteiger partial charge in [0, 0.05) is 0 Å². The molecule has 0 rings (SSSR count). The maximum atomic E-state index is 5.26. The summed E-state index contributed by atoms with van der Waals surface area (Å²) in [6, 6.07) is 0. The van der Waals surface area contributed by atoms with E-state index >= 15 is 0 Å². The van der Waals surface area contributed by atoms with Crippen molar-refractivity contribution in [3.63, 3.8) is 0 Å². The van der Waals surface area contributed by atoms with E-state index in [0.29, 0.717) is 5.66 Å². The Labute approximate surface area is 41.5 Å². The van der Waals surface area contributed by atoms with E-state index in [4.69, 9.17) is 5.73 Å². The molecule has 0 aromatic carbocycles. The van der Waals surface area contributed by atoms with Crippen LogP contribution in [0, 0.1) is 0 Å². The van der Waals surface area contributed by atoms with Gasteiger partial charge in [0.2, 0.25) is 0 Å². The van der Waals surface area contributed by atoms with E-state index in [1.807, 2.05) is 0 Å². The molecule has 0 aliphatic rings. The minimum absolute atomic E-state index is 0.630. The van der Waals surface area contributed by atoms with Gasteiger partial charge in [0.05, 0.1) is 0 Å². The van der Waals surface area contributed by atoms with Crippen LogP contribution in [0.2, 0.25) is 0 Å². The fourth-order valence-electron chi connectivity index (χ4n) is 0.167. The second kappa shape index (κ2) is 3.58. The first-order valence-electron chi connectivity index (χ1n) is 2.27. The molecular weight excluding hydrogens is 93.0 g/mol. The molecule has 0 aromatic rings. The Morgan fingerprint density at radius 3 is 2.33 bits per heavy atom. The van der Waals surface area contributed by atoms with E-state index in [0.717, 1.165) is 6.54 Å². The minimum Gasteiger partial charge on any atom is -0.330 e. The summed E-state index contributed by atoms with van der Waals surface area (Å²) in [6.07, 6.45) is 1.17. The van der Waals surface area contributed by atoms with Gasteiger partial charge >= 0.3 is 0 Å². The lowest BCUT2D eigenvalue weighted by Crippen LogP contribution is -2.11. The largest absolute Gasteiger partial charge is 0.330 e. The molecule has 0 aliphatic carbocycles. The number of nitrogens with two attached hydrogens (primary N) is 1. The zero-order valence-corrected chi connectivity index (χ0v) is 5.30. The van der Waals surface area contributed by atoms with Crippen LogP contribution in [0.25, 0.3) is 0 Å². The molecule has 2 heteroatoms. The van der Waals surface area contributed by atoms with E-state index in [1.165, 1.54) is 6.42 Å². The van der Waals surface area contributed by atoms with Crippen LogP contribution in [0.3, 0.4) is 0 Å². The Morgan fingerprint density at radius 1 is 1.83 bits per heavy atom. The van der Waals surface area contributed by atoms with Crippen LogP contribution in [-0.4, -0.2) is 12.2 Å². The van der Waals surface area contributed by atoms with Gasteiger partial charge in [-0.05, 0) is 18.6 Å². The topological polar surface area (TPSA) is 26.0 Å². The van der Waals surface area contributed by atoms with Crippen LogP contribution < -0.4 is 5.73 Å². The number of hydrogen-bond donors (Lipinski definition) is 1. The van der Waals surface area contributed by atoms with Crippen LogP contribution in [0.15, 0.2) is 0 Å². The monoisotopic (exact) mass is 105 g/mol. The van der Waals surface area contributed by atoms with Crippen LogP contribution in [0.4, 0.5) is 0 Å². The summed E-state index contributed by atoms with van der Waals surface area (Å²) in [4.78, 5) is 0. The van der Waals surface area contributed by atoms with E-state index in [1.54, 1.807) is 0 Å². The average Bonchev–Trinajstić information content (AvgIpc) is 1.65. The van der Waals surface area contributed by atoms with Crippen LogP contribution in [0.5, 0.6) is 0 Å². The molecule has 0 saturated heterocycles. The molecule has 0 amide bonds. The van der Waals surface area contributed by atoms with Crippen molar-refractivity contribution in [1.29, 1.82) is 0 Å². The lowest BCUT2D eigenvalue weighted by molar-refractivity contribution is 0.828. The summed E-state index contributed by atoms with van der Waals surface area (Å²) in [7, 11) is 2.69. The fourth-order valence-corrected chi connectivity index (χ4v) is 0.167. The molecule has 2 unspecified atom stereocenters. The second-order valence-corrected chi connectivity index (χ2v) is 2.35. The van der Waals surface area contributed by atoms with Crippen molar-refractivity contribution in [2.24, 2.45) is 5.73 Å². The molecule has 2 atom stereocenters.